The van der Waals surface area contributed by atoms with Crippen LogP contribution < -0.4 is 0 Å². The van der Waals surface area contributed by atoms with E-state index >= 15 is 0 Å². The Hall–Kier alpha value is 1.22. The van der Waals surface area contributed by atoms with E-state index in [1.165, 1.54) is 0 Å². The summed E-state index contributed by atoms with van der Waals surface area (Å²) < 4.78 is 0. The Bertz CT molecular complexity index is 439. The molecule has 0 amide bonds. The first-order valence-corrected chi connectivity index (χ1v) is 7.17. The first-order chi connectivity index (χ1) is 7.40. The number of hydrogen-bond donors (Lipinski definition) is 0. The normalized spacial score (nSPS) is 50.6. The SMILES string of the molecule is ClC1=C(Cl)[C@]2(Cl)C(Cl)=C(Cl)[C@@H]3C[C@H]1[C@H]2[C@H]3Cl. The van der Waals surface area contributed by atoms with Gasteiger partial charge in [0.2, 0.25) is 0 Å². The standard InChI is InChI=1S/C10H6Cl6/c11-5-3-1-2-4(5)10(16,8(14)6(2)12)9(15)7(3)13/h2-5H,1H2/t2-,3+,4-,5-,10-/m0/s1. The second kappa shape index (κ2) is 3.62. The van der Waals surface area contributed by atoms with Crippen LogP contribution in [0.1, 0.15) is 6.42 Å². The van der Waals surface area contributed by atoms with Crippen LogP contribution >= 0.6 is 69.6 Å². The molecule has 3 aliphatic carbocycles. The fourth-order valence-corrected chi connectivity index (χ4v) is 5.91. The van der Waals surface area contributed by atoms with Crippen molar-refractivity contribution in [1.82, 2.24) is 0 Å². The number of fused-ring (bicyclic) bond motifs is 1. The molecule has 6 heteroatoms. The lowest BCUT2D eigenvalue weighted by Crippen LogP contribution is -2.40. The number of hydrogen-bond acceptors (Lipinski definition) is 0. The van der Waals surface area contributed by atoms with Crippen molar-refractivity contribution in [3.63, 3.8) is 0 Å². The average Bonchev–Trinajstić information content (AvgIpc) is 2.66. The molecule has 0 aromatic rings. The summed E-state index contributed by atoms with van der Waals surface area (Å²) in [6, 6.07) is 0. The van der Waals surface area contributed by atoms with Gasteiger partial charge in [-0.1, -0.05) is 46.4 Å². The van der Waals surface area contributed by atoms with Crippen LogP contribution in [0.3, 0.4) is 0 Å². The molecule has 3 aliphatic rings. The van der Waals surface area contributed by atoms with Gasteiger partial charge in [-0.25, -0.2) is 0 Å². The zero-order valence-electron chi connectivity index (χ0n) is 7.78. The minimum Gasteiger partial charge on any atom is -0.122 e. The first-order valence-electron chi connectivity index (χ1n) is 4.85. The Morgan fingerprint density at radius 1 is 0.938 bits per heavy atom. The van der Waals surface area contributed by atoms with Gasteiger partial charge in [0, 0.05) is 33.2 Å². The summed E-state index contributed by atoms with van der Waals surface area (Å²) in [5, 5.41) is 1.76. The summed E-state index contributed by atoms with van der Waals surface area (Å²) in [6.07, 6.45) is 0.775. The van der Waals surface area contributed by atoms with E-state index in [-0.39, 0.29) is 23.1 Å². The van der Waals surface area contributed by atoms with Crippen LogP contribution in [0.4, 0.5) is 0 Å². The molecule has 0 saturated heterocycles. The third kappa shape index (κ3) is 1.17. The Labute approximate surface area is 123 Å². The van der Waals surface area contributed by atoms with Crippen LogP contribution in [0.5, 0.6) is 0 Å². The van der Waals surface area contributed by atoms with Gasteiger partial charge >= 0.3 is 0 Å². The Morgan fingerprint density at radius 3 is 2.00 bits per heavy atom. The molecular formula is C10H6Cl6. The molecule has 0 radical (unpaired) electrons. The molecule has 16 heavy (non-hydrogen) atoms. The molecule has 0 aromatic carbocycles. The first kappa shape index (κ1) is 12.3. The van der Waals surface area contributed by atoms with E-state index in [4.69, 9.17) is 69.6 Å². The molecule has 0 heterocycles. The van der Waals surface area contributed by atoms with Crippen LogP contribution in [0.2, 0.25) is 0 Å². The fraction of sp³-hybridized carbons (Fsp3) is 0.600. The highest BCUT2D eigenvalue weighted by atomic mass is 35.5. The topological polar surface area (TPSA) is 0 Å². The molecular weight excluding hydrogens is 333 g/mol. The lowest BCUT2D eigenvalue weighted by atomic mass is 9.84. The van der Waals surface area contributed by atoms with Gasteiger partial charge in [0.25, 0.3) is 0 Å². The van der Waals surface area contributed by atoms with Gasteiger partial charge in [0.05, 0.1) is 10.1 Å². The van der Waals surface area contributed by atoms with E-state index in [0.29, 0.717) is 20.1 Å². The highest BCUT2D eigenvalue weighted by Crippen LogP contribution is 2.69. The third-order valence-electron chi connectivity index (χ3n) is 3.84. The van der Waals surface area contributed by atoms with E-state index < -0.39 is 4.87 Å². The van der Waals surface area contributed by atoms with Crippen molar-refractivity contribution in [1.29, 1.82) is 0 Å². The van der Waals surface area contributed by atoms with Crippen LogP contribution in [-0.2, 0) is 0 Å². The zero-order chi connectivity index (χ0) is 11.8. The Balaban J connectivity index is 2.29. The molecule has 0 unspecified atom stereocenters. The van der Waals surface area contributed by atoms with E-state index in [1.807, 2.05) is 0 Å². The van der Waals surface area contributed by atoms with Gasteiger partial charge in [0.1, 0.15) is 4.87 Å². The monoisotopic (exact) mass is 336 g/mol. The van der Waals surface area contributed by atoms with Crippen molar-refractivity contribution in [3.8, 4) is 0 Å². The van der Waals surface area contributed by atoms with Gasteiger partial charge in [-0.05, 0) is 6.42 Å². The van der Waals surface area contributed by atoms with Crippen molar-refractivity contribution in [2.45, 2.75) is 16.7 Å². The fourth-order valence-electron chi connectivity index (χ4n) is 3.09. The highest BCUT2D eigenvalue weighted by molar-refractivity contribution is 6.53. The lowest BCUT2D eigenvalue weighted by Gasteiger charge is -2.37. The van der Waals surface area contributed by atoms with Gasteiger partial charge in [-0.2, -0.15) is 0 Å². The van der Waals surface area contributed by atoms with Crippen LogP contribution in [-0.4, -0.2) is 10.3 Å². The summed E-state index contributed by atoms with van der Waals surface area (Å²) >= 11 is 37.8. The number of alkyl halides is 2. The number of halogens is 6. The molecule has 0 aliphatic heterocycles. The zero-order valence-corrected chi connectivity index (χ0v) is 12.3. The molecule has 5 atom stereocenters. The van der Waals surface area contributed by atoms with Gasteiger partial charge in [-0.3, -0.25) is 0 Å². The molecule has 0 aromatic heterocycles. The molecule has 3 rings (SSSR count). The molecule has 2 bridgehead atoms. The van der Waals surface area contributed by atoms with Crippen LogP contribution in [0.25, 0.3) is 0 Å². The van der Waals surface area contributed by atoms with Gasteiger partial charge in [-0.15, -0.1) is 23.2 Å². The minimum atomic E-state index is -0.999. The highest BCUT2D eigenvalue weighted by Gasteiger charge is 2.65. The minimum absolute atomic E-state index is 0.0455. The van der Waals surface area contributed by atoms with Crippen molar-refractivity contribution >= 4 is 69.6 Å². The molecule has 88 valence electrons. The van der Waals surface area contributed by atoms with Crippen molar-refractivity contribution in [3.05, 3.63) is 20.1 Å². The summed E-state index contributed by atoms with van der Waals surface area (Å²) in [7, 11) is 0. The van der Waals surface area contributed by atoms with E-state index in [1.54, 1.807) is 0 Å². The lowest BCUT2D eigenvalue weighted by molar-refractivity contribution is 0.433. The van der Waals surface area contributed by atoms with Crippen LogP contribution in [0, 0.1) is 17.8 Å². The second-order valence-corrected chi connectivity index (χ2v) is 7.12. The van der Waals surface area contributed by atoms with Crippen molar-refractivity contribution in [2.75, 3.05) is 0 Å². The maximum Gasteiger partial charge on any atom is 0.122 e. The van der Waals surface area contributed by atoms with Gasteiger partial charge in [0.15, 0.2) is 0 Å². The summed E-state index contributed by atoms with van der Waals surface area (Å²) in [5.74, 6) is 0.0937. The number of allylic oxidation sites excluding steroid dienone is 4. The Morgan fingerprint density at radius 2 is 1.44 bits per heavy atom. The van der Waals surface area contributed by atoms with Gasteiger partial charge < -0.3 is 0 Å². The van der Waals surface area contributed by atoms with Crippen molar-refractivity contribution < 1.29 is 0 Å². The molecule has 0 nitrogen and oxygen atoms in total. The Kier molecular flexibility index (Phi) is 2.77. The maximum atomic E-state index is 6.55. The van der Waals surface area contributed by atoms with E-state index in [0.717, 1.165) is 6.42 Å². The van der Waals surface area contributed by atoms with Crippen LogP contribution in [0.15, 0.2) is 20.1 Å². The summed E-state index contributed by atoms with van der Waals surface area (Å²) in [6.45, 7) is 0. The van der Waals surface area contributed by atoms with E-state index in [2.05, 4.69) is 0 Å². The second-order valence-electron chi connectivity index (χ2n) is 4.45. The molecule has 0 spiro atoms. The summed E-state index contributed by atoms with van der Waals surface area (Å²) in [4.78, 5) is -0.999. The summed E-state index contributed by atoms with van der Waals surface area (Å²) in [5.41, 5.74) is 0. The third-order valence-corrected chi connectivity index (χ3v) is 7.37. The smallest absolute Gasteiger partial charge is 0.122 e. The quantitative estimate of drug-likeness (QED) is 0.530. The largest absolute Gasteiger partial charge is 0.122 e. The predicted octanol–water partition coefficient (Wildman–Crippen LogP) is 5.23. The molecule has 1 fully saturated rings. The molecule has 0 N–H and O–H groups in total. The molecule has 1 saturated carbocycles. The van der Waals surface area contributed by atoms with Crippen molar-refractivity contribution in [2.24, 2.45) is 17.8 Å². The number of rotatable bonds is 0. The van der Waals surface area contributed by atoms with E-state index in [9.17, 15) is 0 Å². The average molecular weight is 339 g/mol. The predicted molar refractivity (Wildman–Crippen MR) is 70.8 cm³/mol. The maximum absolute atomic E-state index is 6.55.